The predicted molar refractivity (Wildman–Crippen MR) is 70.7 cm³/mol. The summed E-state index contributed by atoms with van der Waals surface area (Å²) >= 11 is 0.577. The average molecular weight is 298 g/mol. The zero-order valence-electron chi connectivity index (χ0n) is 10.1. The van der Waals surface area contributed by atoms with Gasteiger partial charge in [0, 0.05) is 5.39 Å². The fraction of sp³-hybridized carbons (Fsp3) is 0.154. The van der Waals surface area contributed by atoms with Gasteiger partial charge in [-0.1, -0.05) is 29.5 Å². The zero-order valence-corrected chi connectivity index (χ0v) is 10.9. The first kappa shape index (κ1) is 13.0. The summed E-state index contributed by atoms with van der Waals surface area (Å²) in [5, 5.41) is 4.01. The molecule has 0 unspecified atom stereocenters. The summed E-state index contributed by atoms with van der Waals surface area (Å²) in [4.78, 5) is 2.98. The highest BCUT2D eigenvalue weighted by atomic mass is 32.1. The molecule has 3 aromatic rings. The van der Waals surface area contributed by atoms with Crippen LogP contribution < -0.4 is 5.32 Å². The van der Waals surface area contributed by atoms with Gasteiger partial charge >= 0.3 is 6.18 Å². The minimum absolute atomic E-state index is 0.220. The summed E-state index contributed by atoms with van der Waals surface area (Å²) in [6.07, 6.45) is -3.53. The molecule has 7 heteroatoms. The third-order valence-electron chi connectivity index (χ3n) is 2.68. The second kappa shape index (κ2) is 4.82. The number of alkyl halides is 3. The van der Waals surface area contributed by atoms with E-state index in [4.69, 9.17) is 4.42 Å². The molecule has 20 heavy (non-hydrogen) atoms. The van der Waals surface area contributed by atoms with Gasteiger partial charge in [-0.05, 0) is 12.1 Å². The van der Waals surface area contributed by atoms with E-state index in [1.54, 1.807) is 0 Å². The standard InChI is InChI=1S/C13H9F3N2OS/c14-13(15,16)11-7-18-12(20-11)17-6-9-5-8-3-1-2-4-10(8)19-9/h1-5,7H,6H2,(H,17,18). The van der Waals surface area contributed by atoms with Crippen molar-refractivity contribution in [2.75, 3.05) is 5.32 Å². The van der Waals surface area contributed by atoms with Crippen LogP contribution in [-0.2, 0) is 12.7 Å². The molecule has 0 atom stereocenters. The van der Waals surface area contributed by atoms with Crippen LogP contribution in [0.3, 0.4) is 0 Å². The first-order chi connectivity index (χ1) is 9.52. The molecule has 0 fully saturated rings. The Balaban J connectivity index is 1.71. The first-order valence-corrected chi connectivity index (χ1v) is 6.58. The minimum Gasteiger partial charge on any atom is -0.459 e. The molecule has 0 saturated carbocycles. The number of hydrogen-bond acceptors (Lipinski definition) is 4. The highest BCUT2D eigenvalue weighted by molar-refractivity contribution is 7.15. The second-order valence-electron chi connectivity index (χ2n) is 4.13. The van der Waals surface area contributed by atoms with Crippen molar-refractivity contribution in [3.05, 3.63) is 47.2 Å². The van der Waals surface area contributed by atoms with Gasteiger partial charge in [0.2, 0.25) is 0 Å². The summed E-state index contributed by atoms with van der Waals surface area (Å²) in [7, 11) is 0. The van der Waals surface area contributed by atoms with Crippen LogP contribution in [-0.4, -0.2) is 4.98 Å². The van der Waals surface area contributed by atoms with Crippen molar-refractivity contribution in [1.82, 2.24) is 4.98 Å². The Labute approximate surface area is 116 Å². The van der Waals surface area contributed by atoms with Crippen LogP contribution in [0.4, 0.5) is 18.3 Å². The van der Waals surface area contributed by atoms with Gasteiger partial charge in [-0.15, -0.1) is 0 Å². The summed E-state index contributed by atoms with van der Waals surface area (Å²) in [5.41, 5.74) is 0.749. The van der Waals surface area contributed by atoms with E-state index >= 15 is 0 Å². The number of nitrogens with zero attached hydrogens (tertiary/aromatic N) is 1. The molecule has 0 saturated heterocycles. The lowest BCUT2D eigenvalue weighted by atomic mass is 10.2. The fourth-order valence-corrected chi connectivity index (χ4v) is 2.45. The van der Waals surface area contributed by atoms with E-state index in [0.717, 1.165) is 17.2 Å². The van der Waals surface area contributed by atoms with Crippen LogP contribution >= 0.6 is 11.3 Å². The van der Waals surface area contributed by atoms with Gasteiger partial charge in [-0.25, -0.2) is 4.98 Å². The number of aromatic nitrogens is 1. The highest BCUT2D eigenvalue weighted by Crippen LogP contribution is 2.35. The van der Waals surface area contributed by atoms with Crippen molar-refractivity contribution < 1.29 is 17.6 Å². The Kier molecular flexibility index (Phi) is 3.13. The molecule has 104 valence electrons. The third-order valence-corrected chi connectivity index (χ3v) is 3.68. The van der Waals surface area contributed by atoms with Gasteiger partial charge in [0.1, 0.15) is 16.2 Å². The maximum atomic E-state index is 12.4. The monoisotopic (exact) mass is 298 g/mol. The average Bonchev–Trinajstić information content (AvgIpc) is 3.02. The molecule has 3 rings (SSSR count). The summed E-state index contributed by atoms with van der Waals surface area (Å²) < 4.78 is 42.8. The second-order valence-corrected chi connectivity index (χ2v) is 5.16. The number of para-hydroxylation sites is 1. The van der Waals surface area contributed by atoms with Gasteiger partial charge in [0.05, 0.1) is 12.7 Å². The molecule has 2 aromatic heterocycles. The number of anilines is 1. The quantitative estimate of drug-likeness (QED) is 0.772. The van der Waals surface area contributed by atoms with E-state index in [1.807, 2.05) is 30.3 Å². The summed E-state index contributed by atoms with van der Waals surface area (Å²) in [6.45, 7) is 0.291. The molecular weight excluding hydrogens is 289 g/mol. The lowest BCUT2D eigenvalue weighted by molar-refractivity contribution is -0.134. The smallest absolute Gasteiger partial charge is 0.427 e. The van der Waals surface area contributed by atoms with Crippen LogP contribution in [0.15, 0.2) is 40.9 Å². The van der Waals surface area contributed by atoms with E-state index in [-0.39, 0.29) is 5.13 Å². The number of fused-ring (bicyclic) bond motifs is 1. The van der Waals surface area contributed by atoms with Crippen LogP contribution in [0.25, 0.3) is 11.0 Å². The van der Waals surface area contributed by atoms with E-state index in [9.17, 15) is 13.2 Å². The maximum absolute atomic E-state index is 12.4. The Morgan fingerprint density at radius 3 is 2.75 bits per heavy atom. The molecule has 0 aliphatic heterocycles. The van der Waals surface area contributed by atoms with Gasteiger partial charge in [-0.3, -0.25) is 0 Å². The number of benzene rings is 1. The van der Waals surface area contributed by atoms with Gasteiger partial charge < -0.3 is 9.73 Å². The van der Waals surface area contributed by atoms with E-state index < -0.39 is 11.1 Å². The molecular formula is C13H9F3N2OS. The minimum atomic E-state index is -4.35. The van der Waals surface area contributed by atoms with Crippen molar-refractivity contribution in [3.63, 3.8) is 0 Å². The number of halogens is 3. The topological polar surface area (TPSA) is 38.1 Å². The van der Waals surface area contributed by atoms with E-state index in [1.165, 1.54) is 0 Å². The highest BCUT2D eigenvalue weighted by Gasteiger charge is 2.33. The molecule has 0 amide bonds. The molecule has 2 heterocycles. The number of hydrogen-bond donors (Lipinski definition) is 1. The van der Waals surface area contributed by atoms with Crippen LogP contribution in [0.1, 0.15) is 10.6 Å². The Morgan fingerprint density at radius 2 is 2.05 bits per heavy atom. The molecule has 0 aliphatic rings. The molecule has 0 spiro atoms. The predicted octanol–water partition coefficient (Wildman–Crippen LogP) is 4.52. The molecule has 0 bridgehead atoms. The van der Waals surface area contributed by atoms with Crippen LogP contribution in [0.5, 0.6) is 0 Å². The molecule has 3 nitrogen and oxygen atoms in total. The van der Waals surface area contributed by atoms with Crippen molar-refractivity contribution in [2.45, 2.75) is 12.7 Å². The normalized spacial score (nSPS) is 11.9. The molecule has 0 radical (unpaired) electrons. The lowest BCUT2D eigenvalue weighted by Gasteiger charge is -2.00. The fourth-order valence-electron chi connectivity index (χ4n) is 1.77. The largest absolute Gasteiger partial charge is 0.459 e. The van der Waals surface area contributed by atoms with Crippen molar-refractivity contribution in [1.29, 1.82) is 0 Å². The van der Waals surface area contributed by atoms with Gasteiger partial charge in [-0.2, -0.15) is 13.2 Å². The van der Waals surface area contributed by atoms with Crippen molar-refractivity contribution >= 4 is 27.4 Å². The third kappa shape index (κ3) is 2.62. The number of rotatable bonds is 3. The number of furan rings is 1. The maximum Gasteiger partial charge on any atom is 0.427 e. The van der Waals surface area contributed by atoms with E-state index in [2.05, 4.69) is 10.3 Å². The van der Waals surface area contributed by atoms with Crippen molar-refractivity contribution in [2.24, 2.45) is 0 Å². The van der Waals surface area contributed by atoms with E-state index in [0.29, 0.717) is 23.6 Å². The molecule has 1 aromatic carbocycles. The van der Waals surface area contributed by atoms with Gasteiger partial charge in [0.25, 0.3) is 0 Å². The lowest BCUT2D eigenvalue weighted by Crippen LogP contribution is -2.00. The van der Waals surface area contributed by atoms with Crippen LogP contribution in [0, 0.1) is 0 Å². The first-order valence-electron chi connectivity index (χ1n) is 5.77. The Morgan fingerprint density at radius 1 is 1.25 bits per heavy atom. The van der Waals surface area contributed by atoms with Gasteiger partial charge in [0.15, 0.2) is 5.13 Å². The van der Waals surface area contributed by atoms with Crippen molar-refractivity contribution in [3.8, 4) is 0 Å². The Hall–Kier alpha value is -2.02. The molecule has 1 N–H and O–H groups in total. The summed E-state index contributed by atoms with van der Waals surface area (Å²) in [6, 6.07) is 9.35. The zero-order chi connectivity index (χ0) is 14.2. The SMILES string of the molecule is FC(F)(F)c1cnc(NCc2cc3ccccc3o2)s1. The van der Waals surface area contributed by atoms with Crippen LogP contribution in [0.2, 0.25) is 0 Å². The molecule has 0 aliphatic carbocycles. The summed E-state index contributed by atoms with van der Waals surface area (Å²) in [5.74, 6) is 0.648. The Bertz CT molecular complexity index is 699. The number of nitrogens with one attached hydrogen (secondary N) is 1. The number of thiazole rings is 1.